The van der Waals surface area contributed by atoms with Gasteiger partial charge in [-0.3, -0.25) is 10.1 Å². The van der Waals surface area contributed by atoms with E-state index in [0.29, 0.717) is 29.1 Å². The molecule has 2 aromatic rings. The number of halogens is 2. The molecule has 0 radical (unpaired) electrons. The standard InChI is InChI=1S/C11H10BrClN4O2/c1-2-16-9(6-12)14-15-11(16)10-7(13)4-3-5-8(10)17(18)19/h3-5H,2,6H2,1H3. The molecule has 6 nitrogen and oxygen atoms in total. The summed E-state index contributed by atoms with van der Waals surface area (Å²) in [6, 6.07) is 4.55. The van der Waals surface area contributed by atoms with Gasteiger partial charge >= 0.3 is 0 Å². The lowest BCUT2D eigenvalue weighted by molar-refractivity contribution is -0.384. The Morgan fingerprint density at radius 2 is 2.21 bits per heavy atom. The second kappa shape index (κ2) is 5.66. The highest BCUT2D eigenvalue weighted by Crippen LogP contribution is 2.35. The molecule has 100 valence electrons. The van der Waals surface area contributed by atoms with E-state index < -0.39 is 4.92 Å². The molecule has 0 atom stereocenters. The fourth-order valence-electron chi connectivity index (χ4n) is 1.84. The molecule has 0 aliphatic rings. The number of hydrogen-bond donors (Lipinski definition) is 0. The van der Waals surface area contributed by atoms with Crippen molar-refractivity contribution in [1.82, 2.24) is 14.8 Å². The Bertz CT molecular complexity index is 629. The number of nitrogens with zero attached hydrogens (tertiary/aromatic N) is 4. The van der Waals surface area contributed by atoms with E-state index in [9.17, 15) is 10.1 Å². The third-order valence-electron chi connectivity index (χ3n) is 2.68. The Morgan fingerprint density at radius 1 is 1.47 bits per heavy atom. The van der Waals surface area contributed by atoms with Gasteiger partial charge in [0.2, 0.25) is 0 Å². The van der Waals surface area contributed by atoms with Crippen molar-refractivity contribution in [2.24, 2.45) is 0 Å². The highest BCUT2D eigenvalue weighted by atomic mass is 79.9. The van der Waals surface area contributed by atoms with E-state index in [1.54, 1.807) is 16.7 Å². The van der Waals surface area contributed by atoms with Gasteiger partial charge in [-0.1, -0.05) is 33.6 Å². The van der Waals surface area contributed by atoms with Crippen LogP contribution in [-0.4, -0.2) is 19.7 Å². The first-order chi connectivity index (χ1) is 9.10. The smallest absolute Gasteiger partial charge is 0.281 e. The van der Waals surface area contributed by atoms with Gasteiger partial charge in [-0.05, 0) is 13.0 Å². The quantitative estimate of drug-likeness (QED) is 0.483. The van der Waals surface area contributed by atoms with Gasteiger partial charge < -0.3 is 4.57 Å². The van der Waals surface area contributed by atoms with E-state index in [2.05, 4.69) is 26.1 Å². The number of aromatic nitrogens is 3. The van der Waals surface area contributed by atoms with Gasteiger partial charge in [-0.25, -0.2) is 0 Å². The van der Waals surface area contributed by atoms with E-state index in [1.165, 1.54) is 6.07 Å². The second-order valence-electron chi connectivity index (χ2n) is 3.71. The molecule has 1 aromatic carbocycles. The van der Waals surface area contributed by atoms with Crippen LogP contribution in [0.3, 0.4) is 0 Å². The van der Waals surface area contributed by atoms with E-state index in [-0.39, 0.29) is 10.7 Å². The Morgan fingerprint density at radius 3 is 2.79 bits per heavy atom. The minimum Gasteiger partial charge on any atom is -0.310 e. The summed E-state index contributed by atoms with van der Waals surface area (Å²) in [7, 11) is 0. The maximum Gasteiger partial charge on any atom is 0.281 e. The van der Waals surface area contributed by atoms with E-state index >= 15 is 0 Å². The van der Waals surface area contributed by atoms with Crippen molar-refractivity contribution in [3.05, 3.63) is 39.2 Å². The molecule has 8 heteroatoms. The number of nitro groups is 1. The van der Waals surface area contributed by atoms with Crippen LogP contribution in [0.2, 0.25) is 5.02 Å². The summed E-state index contributed by atoms with van der Waals surface area (Å²) in [5.74, 6) is 1.11. The molecule has 0 aliphatic heterocycles. The summed E-state index contributed by atoms with van der Waals surface area (Å²) < 4.78 is 1.79. The van der Waals surface area contributed by atoms with Crippen LogP contribution in [-0.2, 0) is 11.9 Å². The lowest BCUT2D eigenvalue weighted by Crippen LogP contribution is -2.03. The summed E-state index contributed by atoms with van der Waals surface area (Å²) in [6.07, 6.45) is 0. The Labute approximate surface area is 122 Å². The van der Waals surface area contributed by atoms with Crippen LogP contribution in [0.5, 0.6) is 0 Å². The van der Waals surface area contributed by atoms with Crippen molar-refractivity contribution in [2.45, 2.75) is 18.8 Å². The minimum absolute atomic E-state index is 0.0734. The minimum atomic E-state index is -0.469. The maximum absolute atomic E-state index is 11.1. The first kappa shape index (κ1) is 14.0. The largest absolute Gasteiger partial charge is 0.310 e. The topological polar surface area (TPSA) is 73.8 Å². The predicted octanol–water partition coefficient (Wildman–Crippen LogP) is 3.42. The molecule has 0 saturated heterocycles. The zero-order valence-corrected chi connectivity index (χ0v) is 12.3. The number of alkyl halides is 1. The van der Waals surface area contributed by atoms with Crippen molar-refractivity contribution in [2.75, 3.05) is 0 Å². The van der Waals surface area contributed by atoms with Gasteiger partial charge in [0.05, 0.1) is 15.3 Å². The van der Waals surface area contributed by atoms with E-state index in [4.69, 9.17) is 11.6 Å². The molecule has 19 heavy (non-hydrogen) atoms. The molecular weight excluding hydrogens is 336 g/mol. The lowest BCUT2D eigenvalue weighted by Gasteiger charge is -2.08. The molecule has 0 unspecified atom stereocenters. The van der Waals surface area contributed by atoms with E-state index in [0.717, 1.165) is 0 Å². The Balaban J connectivity index is 2.71. The van der Waals surface area contributed by atoms with Crippen LogP contribution in [0.4, 0.5) is 5.69 Å². The fraction of sp³-hybridized carbons (Fsp3) is 0.273. The number of hydrogen-bond acceptors (Lipinski definition) is 4. The second-order valence-corrected chi connectivity index (χ2v) is 4.68. The van der Waals surface area contributed by atoms with Crippen LogP contribution in [0, 0.1) is 10.1 Å². The third-order valence-corrected chi connectivity index (χ3v) is 3.49. The third kappa shape index (κ3) is 2.48. The fourth-order valence-corrected chi connectivity index (χ4v) is 2.51. The van der Waals surface area contributed by atoms with Crippen LogP contribution in [0.1, 0.15) is 12.7 Å². The zero-order chi connectivity index (χ0) is 14.0. The van der Waals surface area contributed by atoms with Gasteiger partial charge in [0.15, 0.2) is 5.82 Å². The summed E-state index contributed by atoms with van der Waals surface area (Å²) >= 11 is 9.40. The molecule has 0 aliphatic carbocycles. The van der Waals surface area contributed by atoms with Crippen molar-refractivity contribution in [3.8, 4) is 11.4 Å². The summed E-state index contributed by atoms with van der Waals surface area (Å²) in [5.41, 5.74) is 0.228. The molecule has 0 spiro atoms. The molecule has 0 fully saturated rings. The first-order valence-corrected chi connectivity index (χ1v) is 7.01. The maximum atomic E-state index is 11.1. The number of nitro benzene ring substituents is 1. The molecule has 2 rings (SSSR count). The van der Waals surface area contributed by atoms with Crippen molar-refractivity contribution in [1.29, 1.82) is 0 Å². The highest BCUT2D eigenvalue weighted by Gasteiger charge is 2.24. The molecule has 0 N–H and O–H groups in total. The van der Waals surface area contributed by atoms with Crippen LogP contribution in [0.25, 0.3) is 11.4 Å². The lowest BCUT2D eigenvalue weighted by atomic mass is 10.1. The van der Waals surface area contributed by atoms with Gasteiger partial charge in [0, 0.05) is 12.6 Å². The summed E-state index contributed by atoms with van der Waals surface area (Å²) in [5, 5.41) is 19.9. The normalized spacial score (nSPS) is 10.7. The Hall–Kier alpha value is -1.47. The van der Waals surface area contributed by atoms with Crippen LogP contribution in [0.15, 0.2) is 18.2 Å². The summed E-state index contributed by atoms with van der Waals surface area (Å²) in [6.45, 7) is 2.52. The molecule has 0 amide bonds. The summed E-state index contributed by atoms with van der Waals surface area (Å²) in [4.78, 5) is 10.6. The van der Waals surface area contributed by atoms with Gasteiger partial charge in [-0.15, -0.1) is 10.2 Å². The molecule has 0 saturated carbocycles. The molecule has 1 aromatic heterocycles. The SMILES string of the molecule is CCn1c(CBr)nnc1-c1c(Cl)cccc1[N+](=O)[O-]. The molecule has 0 bridgehead atoms. The molecular formula is C11H10BrClN4O2. The van der Waals surface area contributed by atoms with Crippen molar-refractivity contribution >= 4 is 33.2 Å². The monoisotopic (exact) mass is 344 g/mol. The number of benzene rings is 1. The Kier molecular flexibility index (Phi) is 4.16. The highest BCUT2D eigenvalue weighted by molar-refractivity contribution is 9.08. The van der Waals surface area contributed by atoms with Crippen molar-refractivity contribution in [3.63, 3.8) is 0 Å². The first-order valence-electron chi connectivity index (χ1n) is 5.51. The van der Waals surface area contributed by atoms with Gasteiger partial charge in [0.1, 0.15) is 11.4 Å². The van der Waals surface area contributed by atoms with Crippen molar-refractivity contribution < 1.29 is 4.92 Å². The average molecular weight is 346 g/mol. The molecule has 1 heterocycles. The van der Waals surface area contributed by atoms with Gasteiger partial charge in [0.25, 0.3) is 5.69 Å². The zero-order valence-electron chi connectivity index (χ0n) is 10.0. The van der Waals surface area contributed by atoms with E-state index in [1.807, 2.05) is 6.92 Å². The van der Waals surface area contributed by atoms with Crippen LogP contribution < -0.4 is 0 Å². The predicted molar refractivity (Wildman–Crippen MR) is 75.4 cm³/mol. The number of rotatable bonds is 4. The van der Waals surface area contributed by atoms with Crippen LogP contribution >= 0.6 is 27.5 Å². The van der Waals surface area contributed by atoms with Gasteiger partial charge in [-0.2, -0.15) is 0 Å². The average Bonchev–Trinajstić information content (AvgIpc) is 2.80.